The first-order valence-corrected chi connectivity index (χ1v) is 19.3. The fraction of sp³-hybridized carbons (Fsp3) is 1.00. The van der Waals surface area contributed by atoms with E-state index in [1.165, 1.54) is 0 Å². The molecule has 0 radical (unpaired) electrons. The van der Waals surface area contributed by atoms with Gasteiger partial charge in [-0.2, -0.15) is 0 Å². The summed E-state index contributed by atoms with van der Waals surface area (Å²) in [5, 5.41) is 186. The first-order valence-electron chi connectivity index (χ1n) is 19.3. The number of rotatable bonds is 18. The van der Waals surface area contributed by atoms with Crippen LogP contribution in [-0.2, 0) is 47.4 Å². The topological polar surface area (TPSA) is 456 Å². The predicted molar refractivity (Wildman–Crippen MR) is 183 cm³/mol. The van der Waals surface area contributed by atoms with Crippen molar-refractivity contribution in [2.45, 2.75) is 160 Å². The van der Waals surface area contributed by atoms with Crippen LogP contribution in [0.2, 0.25) is 0 Å². The number of aliphatic hydroxyl groups excluding tert-OH is 18. The van der Waals surface area contributed by atoms with Crippen LogP contribution in [0.15, 0.2) is 0 Å². The second kappa shape index (κ2) is 22.4. The van der Waals surface area contributed by atoms with E-state index < -0.39 is 206 Å². The van der Waals surface area contributed by atoms with Crippen LogP contribution < -0.4 is 0 Å². The van der Waals surface area contributed by atoms with E-state index in [-0.39, 0.29) is 0 Å². The third-order valence-corrected chi connectivity index (χ3v) is 10.9. The van der Waals surface area contributed by atoms with E-state index in [4.69, 9.17) is 47.4 Å². The number of hydrogen-bond donors (Lipinski definition) is 18. The standard InChI is InChI=1S/C33H58O28/c34-1-8(37)16(42)26(9(38)2-35)59-32-25(51)21(47)27(60-31-24(50)20(46)19(45)13(57-31)6-54-29-22(48)15(41)10(39)4-52-29)14(58-32)7-55-33-28(17(43)11(40)5-53-33)61-30-23(49)18(44)12(3-36)56-30/h8-51H,1-7H2. The highest BCUT2D eigenvalue weighted by Gasteiger charge is 2.54. The molecule has 5 saturated heterocycles. The monoisotopic (exact) mass is 902 g/mol. The van der Waals surface area contributed by atoms with Gasteiger partial charge in [0.1, 0.15) is 128 Å². The van der Waals surface area contributed by atoms with Gasteiger partial charge in [0.05, 0.1) is 46.2 Å². The normalized spacial score (nSPS) is 48.1. The van der Waals surface area contributed by atoms with Crippen molar-refractivity contribution in [1.82, 2.24) is 0 Å². The lowest BCUT2D eigenvalue weighted by atomic mass is 9.96. The largest absolute Gasteiger partial charge is 0.394 e. The summed E-state index contributed by atoms with van der Waals surface area (Å²) in [6.07, 6.45) is -48.0. The van der Waals surface area contributed by atoms with Crippen LogP contribution in [0.4, 0.5) is 0 Å². The highest BCUT2D eigenvalue weighted by molar-refractivity contribution is 4.97. The molecule has 5 rings (SSSR count). The molecule has 0 aromatic heterocycles. The molecule has 61 heavy (non-hydrogen) atoms. The van der Waals surface area contributed by atoms with E-state index in [0.717, 1.165) is 0 Å². The molecule has 5 fully saturated rings. The average molecular weight is 903 g/mol. The van der Waals surface area contributed by atoms with Crippen molar-refractivity contribution in [3.05, 3.63) is 0 Å². The third-order valence-electron chi connectivity index (χ3n) is 10.9. The lowest BCUT2D eigenvalue weighted by Crippen LogP contribution is -2.66. The predicted octanol–water partition coefficient (Wildman–Crippen LogP) is -12.5. The van der Waals surface area contributed by atoms with Gasteiger partial charge in [0.15, 0.2) is 31.5 Å². The van der Waals surface area contributed by atoms with Crippen molar-refractivity contribution < 1.29 is 139 Å². The van der Waals surface area contributed by atoms with Crippen molar-refractivity contribution in [1.29, 1.82) is 0 Å². The first kappa shape index (κ1) is 50.9. The molecule has 5 aliphatic rings. The van der Waals surface area contributed by atoms with Gasteiger partial charge < -0.3 is 139 Å². The van der Waals surface area contributed by atoms with E-state index in [0.29, 0.717) is 0 Å². The molecule has 5 aliphatic heterocycles. The van der Waals surface area contributed by atoms with Crippen LogP contribution >= 0.6 is 0 Å². The molecule has 5 heterocycles. The molecular formula is C33H58O28. The molecule has 28 heteroatoms. The van der Waals surface area contributed by atoms with Gasteiger partial charge in [-0.3, -0.25) is 0 Å². The van der Waals surface area contributed by atoms with Crippen molar-refractivity contribution >= 4 is 0 Å². The summed E-state index contributed by atoms with van der Waals surface area (Å²) in [6, 6.07) is 0. The second-order valence-corrected chi connectivity index (χ2v) is 15.2. The number of aliphatic hydroxyl groups is 18. The highest BCUT2D eigenvalue weighted by Crippen LogP contribution is 2.33. The Labute approximate surface area is 345 Å². The molecule has 0 aromatic rings. The van der Waals surface area contributed by atoms with Gasteiger partial charge in [-0.05, 0) is 0 Å². The van der Waals surface area contributed by atoms with Crippen molar-refractivity contribution in [2.75, 3.05) is 46.2 Å². The maximum absolute atomic E-state index is 11.5. The quantitative estimate of drug-likeness (QED) is 0.0607. The zero-order chi connectivity index (χ0) is 45.0. The minimum absolute atomic E-state index is 0.456. The van der Waals surface area contributed by atoms with Gasteiger partial charge in [0.2, 0.25) is 0 Å². The minimum atomic E-state index is -2.24. The van der Waals surface area contributed by atoms with Gasteiger partial charge >= 0.3 is 0 Å². The maximum atomic E-state index is 11.5. The van der Waals surface area contributed by atoms with E-state index in [2.05, 4.69) is 0 Å². The minimum Gasteiger partial charge on any atom is -0.394 e. The molecule has 0 spiro atoms. The van der Waals surface area contributed by atoms with Crippen LogP contribution in [-0.4, -0.2) is 298 Å². The summed E-state index contributed by atoms with van der Waals surface area (Å²) >= 11 is 0. The van der Waals surface area contributed by atoms with Crippen LogP contribution in [0, 0.1) is 0 Å². The van der Waals surface area contributed by atoms with Gasteiger partial charge in [-0.15, -0.1) is 0 Å². The Morgan fingerprint density at radius 2 is 0.918 bits per heavy atom. The number of hydrogen-bond acceptors (Lipinski definition) is 28. The maximum Gasteiger partial charge on any atom is 0.187 e. The van der Waals surface area contributed by atoms with Crippen LogP contribution in [0.5, 0.6) is 0 Å². The van der Waals surface area contributed by atoms with Crippen molar-refractivity contribution in [3.63, 3.8) is 0 Å². The van der Waals surface area contributed by atoms with E-state index >= 15 is 0 Å². The molecule has 18 N–H and O–H groups in total. The Morgan fingerprint density at radius 1 is 0.443 bits per heavy atom. The SMILES string of the molecule is OCC(O)C(O)C(OC1OC(COC2OCC(O)C(O)C2OC2OC(CO)C(O)C2O)C(OC2OC(COC3OCC(O)C(O)C3O)C(O)C(O)C2O)C(O)C1O)C(O)CO. The summed E-state index contributed by atoms with van der Waals surface area (Å²) in [7, 11) is 0. The lowest BCUT2D eigenvalue weighted by Gasteiger charge is -2.47. The summed E-state index contributed by atoms with van der Waals surface area (Å²) in [5.41, 5.74) is 0. The van der Waals surface area contributed by atoms with Crippen molar-refractivity contribution in [2.24, 2.45) is 0 Å². The van der Waals surface area contributed by atoms with E-state index in [1.807, 2.05) is 0 Å². The molecule has 0 bridgehead atoms. The molecule has 0 amide bonds. The Kier molecular flexibility index (Phi) is 18.7. The fourth-order valence-corrected chi connectivity index (χ4v) is 7.12. The Hall–Kier alpha value is -1.12. The van der Waals surface area contributed by atoms with Gasteiger partial charge in [0, 0.05) is 0 Å². The Balaban J connectivity index is 1.38. The molecule has 0 saturated carbocycles. The second-order valence-electron chi connectivity index (χ2n) is 15.2. The summed E-state index contributed by atoms with van der Waals surface area (Å²) in [5.74, 6) is 0. The zero-order valence-corrected chi connectivity index (χ0v) is 32.1. The highest BCUT2D eigenvalue weighted by atomic mass is 16.8. The molecule has 0 aromatic carbocycles. The Bertz CT molecular complexity index is 1310. The molecule has 28 nitrogen and oxygen atoms in total. The van der Waals surface area contributed by atoms with Crippen LogP contribution in [0.3, 0.4) is 0 Å². The van der Waals surface area contributed by atoms with Gasteiger partial charge in [0.25, 0.3) is 0 Å². The van der Waals surface area contributed by atoms with Gasteiger partial charge in [-0.1, -0.05) is 0 Å². The Morgan fingerprint density at radius 3 is 1.52 bits per heavy atom. The van der Waals surface area contributed by atoms with Gasteiger partial charge in [-0.25, -0.2) is 0 Å². The molecule has 26 unspecified atom stereocenters. The lowest BCUT2D eigenvalue weighted by molar-refractivity contribution is -0.377. The first-order chi connectivity index (χ1) is 28.8. The number of ether oxygens (including phenoxy) is 10. The van der Waals surface area contributed by atoms with Crippen LogP contribution in [0.25, 0.3) is 0 Å². The van der Waals surface area contributed by atoms with E-state index in [9.17, 15) is 91.9 Å². The fourth-order valence-electron chi connectivity index (χ4n) is 7.12. The molecule has 0 aliphatic carbocycles. The van der Waals surface area contributed by atoms with Crippen molar-refractivity contribution in [3.8, 4) is 0 Å². The summed E-state index contributed by atoms with van der Waals surface area (Å²) < 4.78 is 55.6. The molecular weight excluding hydrogens is 844 g/mol. The smallest absolute Gasteiger partial charge is 0.187 e. The summed E-state index contributed by atoms with van der Waals surface area (Å²) in [6.45, 7) is -5.54. The van der Waals surface area contributed by atoms with E-state index in [1.54, 1.807) is 0 Å². The molecule has 26 atom stereocenters. The molecule has 358 valence electrons. The van der Waals surface area contributed by atoms with Crippen LogP contribution in [0.1, 0.15) is 0 Å². The zero-order valence-electron chi connectivity index (χ0n) is 32.1. The summed E-state index contributed by atoms with van der Waals surface area (Å²) in [4.78, 5) is 0. The third kappa shape index (κ3) is 11.5. The average Bonchev–Trinajstić information content (AvgIpc) is 3.52.